The lowest BCUT2D eigenvalue weighted by molar-refractivity contribution is 0.748. The highest BCUT2D eigenvalue weighted by molar-refractivity contribution is 5.74. The van der Waals surface area contributed by atoms with Crippen molar-refractivity contribution in [2.75, 3.05) is 0 Å². The van der Waals surface area contributed by atoms with Crippen LogP contribution in [0.3, 0.4) is 0 Å². The van der Waals surface area contributed by atoms with E-state index < -0.39 is 0 Å². The fourth-order valence-corrected chi connectivity index (χ4v) is 2.41. The quantitative estimate of drug-likeness (QED) is 0.597. The van der Waals surface area contributed by atoms with Gasteiger partial charge in [0, 0.05) is 0 Å². The molecule has 0 spiro atoms. The van der Waals surface area contributed by atoms with E-state index in [9.17, 15) is 0 Å². The molecule has 1 aliphatic rings. The smallest absolute Gasteiger partial charge is 0.0144 e. The van der Waals surface area contributed by atoms with Crippen LogP contribution < -0.4 is 0 Å². The lowest BCUT2D eigenvalue weighted by atomic mass is 9.80. The predicted octanol–water partition coefficient (Wildman–Crippen LogP) is 5.35. The Morgan fingerprint density at radius 1 is 1.29 bits per heavy atom. The van der Waals surface area contributed by atoms with Gasteiger partial charge in [0.15, 0.2) is 0 Å². The minimum Gasteiger partial charge on any atom is -0.0991 e. The van der Waals surface area contributed by atoms with Crippen molar-refractivity contribution in [3.8, 4) is 0 Å². The molecule has 0 saturated carbocycles. The Labute approximate surface area is 105 Å². The molecule has 0 heterocycles. The molecule has 1 aromatic rings. The van der Waals surface area contributed by atoms with Crippen LogP contribution in [0.2, 0.25) is 0 Å². The van der Waals surface area contributed by atoms with Crippen molar-refractivity contribution in [3.63, 3.8) is 0 Å². The van der Waals surface area contributed by atoms with Gasteiger partial charge in [-0.15, -0.1) is 0 Å². The van der Waals surface area contributed by atoms with E-state index in [4.69, 9.17) is 0 Å². The number of hydrogen-bond donors (Lipinski definition) is 0. The van der Waals surface area contributed by atoms with Crippen LogP contribution >= 0.6 is 0 Å². The minimum atomic E-state index is 0. The van der Waals surface area contributed by atoms with Gasteiger partial charge in [0.25, 0.3) is 0 Å². The molecule has 90 valence electrons. The van der Waals surface area contributed by atoms with Crippen LogP contribution in [0.5, 0.6) is 0 Å². The fraction of sp³-hybridized carbons (Fsp3) is 0.294. The Bertz CT molecular complexity index is 461. The van der Waals surface area contributed by atoms with Crippen LogP contribution in [-0.4, -0.2) is 0 Å². The molecule has 1 aromatic carbocycles. The van der Waals surface area contributed by atoms with E-state index >= 15 is 0 Å². The molecule has 0 nitrogen and oxygen atoms in total. The van der Waals surface area contributed by atoms with E-state index in [-0.39, 0.29) is 7.43 Å². The standard InChI is InChI=1S/C16H18.CH4/c1-4-5-8-14-11-12(2)15-9-6-7-10-16(15)13(14)3;/h4-10,12H,1,11H2,2-3H3;1H4/b8-5-;. The number of allylic oxidation sites excluding steroid dienone is 5. The van der Waals surface area contributed by atoms with Crippen molar-refractivity contribution in [3.05, 3.63) is 65.8 Å². The van der Waals surface area contributed by atoms with Gasteiger partial charge in [-0.1, -0.05) is 63.4 Å². The van der Waals surface area contributed by atoms with Crippen molar-refractivity contribution in [1.82, 2.24) is 0 Å². The monoisotopic (exact) mass is 226 g/mol. The number of benzene rings is 1. The summed E-state index contributed by atoms with van der Waals surface area (Å²) in [4.78, 5) is 0. The summed E-state index contributed by atoms with van der Waals surface area (Å²) in [6.07, 6.45) is 7.19. The number of hydrogen-bond acceptors (Lipinski definition) is 0. The average Bonchev–Trinajstić information content (AvgIpc) is 2.32. The van der Waals surface area contributed by atoms with Crippen LogP contribution in [0.4, 0.5) is 0 Å². The summed E-state index contributed by atoms with van der Waals surface area (Å²) in [6.45, 7) is 8.24. The summed E-state index contributed by atoms with van der Waals surface area (Å²) in [6, 6.07) is 8.72. The Kier molecular flexibility index (Phi) is 4.51. The zero-order valence-corrected chi connectivity index (χ0v) is 10.0. The van der Waals surface area contributed by atoms with E-state index in [1.807, 2.05) is 12.2 Å². The first-order valence-corrected chi connectivity index (χ1v) is 5.82. The predicted molar refractivity (Wildman–Crippen MR) is 78.1 cm³/mol. The molecule has 0 fully saturated rings. The van der Waals surface area contributed by atoms with Crippen molar-refractivity contribution in [2.45, 2.75) is 33.6 Å². The molecule has 0 N–H and O–H groups in total. The van der Waals surface area contributed by atoms with Gasteiger partial charge in [-0.05, 0) is 41.5 Å². The minimum absolute atomic E-state index is 0. The Hall–Kier alpha value is -1.56. The van der Waals surface area contributed by atoms with Gasteiger partial charge < -0.3 is 0 Å². The van der Waals surface area contributed by atoms with Crippen molar-refractivity contribution in [1.29, 1.82) is 0 Å². The molecule has 0 bridgehead atoms. The maximum Gasteiger partial charge on any atom is -0.0144 e. The molecular formula is C17H22. The van der Waals surface area contributed by atoms with Gasteiger partial charge in [0.1, 0.15) is 0 Å². The van der Waals surface area contributed by atoms with Crippen molar-refractivity contribution >= 4 is 5.57 Å². The average molecular weight is 226 g/mol. The molecule has 17 heavy (non-hydrogen) atoms. The maximum atomic E-state index is 3.72. The summed E-state index contributed by atoms with van der Waals surface area (Å²) in [5.74, 6) is 0.615. The largest absolute Gasteiger partial charge is 0.0991 e. The molecule has 1 atom stereocenters. The van der Waals surface area contributed by atoms with E-state index in [0.29, 0.717) is 5.92 Å². The highest BCUT2D eigenvalue weighted by Crippen LogP contribution is 2.38. The second kappa shape index (κ2) is 5.67. The highest BCUT2D eigenvalue weighted by Gasteiger charge is 2.19. The van der Waals surface area contributed by atoms with Crippen molar-refractivity contribution < 1.29 is 0 Å². The normalized spacial score (nSPS) is 18.8. The Morgan fingerprint density at radius 3 is 2.71 bits per heavy atom. The first-order chi connectivity index (χ1) is 7.74. The maximum absolute atomic E-state index is 3.72. The van der Waals surface area contributed by atoms with E-state index in [2.05, 4.69) is 50.8 Å². The van der Waals surface area contributed by atoms with Crippen molar-refractivity contribution in [2.24, 2.45) is 0 Å². The zero-order valence-electron chi connectivity index (χ0n) is 10.0. The van der Waals surface area contributed by atoms with Crippen LogP contribution in [0.1, 0.15) is 44.7 Å². The highest BCUT2D eigenvalue weighted by atomic mass is 14.2. The second-order valence-electron chi connectivity index (χ2n) is 4.44. The van der Waals surface area contributed by atoms with E-state index in [1.54, 1.807) is 0 Å². The van der Waals surface area contributed by atoms with E-state index in [1.165, 1.54) is 22.3 Å². The van der Waals surface area contributed by atoms with Gasteiger partial charge in [-0.2, -0.15) is 0 Å². The number of fused-ring (bicyclic) bond motifs is 1. The third-order valence-electron chi connectivity index (χ3n) is 3.34. The third-order valence-corrected chi connectivity index (χ3v) is 3.34. The summed E-state index contributed by atoms with van der Waals surface area (Å²) in [5.41, 5.74) is 5.73. The zero-order chi connectivity index (χ0) is 11.5. The first kappa shape index (κ1) is 13.5. The summed E-state index contributed by atoms with van der Waals surface area (Å²) in [5, 5.41) is 0. The van der Waals surface area contributed by atoms with Crippen LogP contribution in [0, 0.1) is 0 Å². The Balaban J connectivity index is 0.00000144. The van der Waals surface area contributed by atoms with Crippen LogP contribution in [0.25, 0.3) is 5.57 Å². The third kappa shape index (κ3) is 2.58. The number of rotatable bonds is 2. The molecule has 0 saturated heterocycles. The molecule has 0 radical (unpaired) electrons. The summed E-state index contributed by atoms with van der Waals surface area (Å²) < 4.78 is 0. The SMILES string of the molecule is C.C=C/C=C\C1=C(C)c2ccccc2C(C)C1. The van der Waals surface area contributed by atoms with Crippen LogP contribution in [0.15, 0.2) is 54.6 Å². The topological polar surface area (TPSA) is 0 Å². The van der Waals surface area contributed by atoms with Gasteiger partial charge in [-0.3, -0.25) is 0 Å². The van der Waals surface area contributed by atoms with Gasteiger partial charge >= 0.3 is 0 Å². The van der Waals surface area contributed by atoms with Crippen LogP contribution in [-0.2, 0) is 0 Å². The molecule has 2 rings (SSSR count). The van der Waals surface area contributed by atoms with Gasteiger partial charge in [-0.25, -0.2) is 0 Å². The first-order valence-electron chi connectivity index (χ1n) is 5.82. The molecule has 0 aliphatic heterocycles. The lowest BCUT2D eigenvalue weighted by Crippen LogP contribution is -2.06. The molecule has 0 heteroatoms. The molecule has 1 unspecified atom stereocenters. The molecule has 0 aromatic heterocycles. The Morgan fingerprint density at radius 2 is 2.00 bits per heavy atom. The van der Waals surface area contributed by atoms with Gasteiger partial charge in [0.2, 0.25) is 0 Å². The molecule has 0 amide bonds. The summed E-state index contributed by atoms with van der Waals surface area (Å²) in [7, 11) is 0. The molecular weight excluding hydrogens is 204 g/mol. The molecule has 1 aliphatic carbocycles. The fourth-order valence-electron chi connectivity index (χ4n) is 2.41. The van der Waals surface area contributed by atoms with Gasteiger partial charge in [0.05, 0.1) is 0 Å². The van der Waals surface area contributed by atoms with E-state index in [0.717, 1.165) is 6.42 Å². The second-order valence-corrected chi connectivity index (χ2v) is 4.44. The lowest BCUT2D eigenvalue weighted by Gasteiger charge is -2.25. The summed E-state index contributed by atoms with van der Waals surface area (Å²) >= 11 is 0.